The van der Waals surface area contributed by atoms with Gasteiger partial charge in [-0.15, -0.1) is 0 Å². The van der Waals surface area contributed by atoms with Gasteiger partial charge in [-0.3, -0.25) is 0 Å². The van der Waals surface area contributed by atoms with Gasteiger partial charge in [0.25, 0.3) is 0 Å². The van der Waals surface area contributed by atoms with Gasteiger partial charge in [0.05, 0.1) is 0 Å². The van der Waals surface area contributed by atoms with Crippen molar-refractivity contribution in [1.29, 1.82) is 0 Å². The summed E-state index contributed by atoms with van der Waals surface area (Å²) in [4.78, 5) is 2.38. The molecule has 76 valence electrons. The summed E-state index contributed by atoms with van der Waals surface area (Å²) in [6.45, 7) is 15.8. The Labute approximate surface area is 77.9 Å². The topological polar surface area (TPSA) is 12.5 Å². The first-order valence-electron chi connectivity index (χ1n) is 5.06. The normalized spacial score (nSPS) is 9.50. The molecule has 0 aromatic heterocycles. The van der Waals surface area contributed by atoms with Gasteiger partial charge in [0.2, 0.25) is 0 Å². The standard InChI is InChI=1S/C6H15N.C4H10O/c1-4-7(5-2)6-3;1-3-5-4-2/h4-6H2,1-3H3;3-4H2,1-2H3. The summed E-state index contributed by atoms with van der Waals surface area (Å²) in [6, 6.07) is 0. The van der Waals surface area contributed by atoms with E-state index < -0.39 is 0 Å². The number of nitrogens with zero attached hydrogens (tertiary/aromatic N) is 1. The maximum absolute atomic E-state index is 4.83. The average Bonchev–Trinajstić information content (AvgIpc) is 2.10. The summed E-state index contributed by atoms with van der Waals surface area (Å²) in [7, 11) is 0. The molecule has 0 N–H and O–H groups in total. The van der Waals surface area contributed by atoms with Crippen LogP contribution in [0.4, 0.5) is 0 Å². The van der Waals surface area contributed by atoms with Gasteiger partial charge in [-0.05, 0) is 33.5 Å². The molecule has 0 fully saturated rings. The van der Waals surface area contributed by atoms with Crippen LogP contribution in [-0.4, -0.2) is 37.7 Å². The Morgan fingerprint density at radius 1 is 0.750 bits per heavy atom. The van der Waals surface area contributed by atoms with Gasteiger partial charge in [-0.2, -0.15) is 0 Å². The second kappa shape index (κ2) is 13.5. The molecule has 0 bridgehead atoms. The molecule has 0 radical (unpaired) electrons. The summed E-state index contributed by atoms with van der Waals surface area (Å²) in [6.07, 6.45) is 0. The molecular weight excluding hydrogens is 150 g/mol. The van der Waals surface area contributed by atoms with Crippen molar-refractivity contribution >= 4 is 0 Å². The average molecular weight is 175 g/mol. The molecule has 0 spiro atoms. The fourth-order valence-electron chi connectivity index (χ4n) is 0.875. The molecule has 0 aliphatic rings. The first-order chi connectivity index (χ1) is 5.76. The molecular formula is C10H25NO. The van der Waals surface area contributed by atoms with Gasteiger partial charge >= 0.3 is 0 Å². The van der Waals surface area contributed by atoms with E-state index >= 15 is 0 Å². The van der Waals surface area contributed by atoms with Crippen LogP contribution in [0.3, 0.4) is 0 Å². The lowest BCUT2D eigenvalue weighted by atomic mass is 10.5. The number of ether oxygens (including phenoxy) is 1. The lowest BCUT2D eigenvalue weighted by Crippen LogP contribution is -2.21. The zero-order chi connectivity index (χ0) is 9.82. The van der Waals surface area contributed by atoms with Gasteiger partial charge in [0.15, 0.2) is 0 Å². The SMILES string of the molecule is CCN(CC)CC.CCOCC. The molecule has 0 aromatic rings. The molecule has 0 amide bonds. The van der Waals surface area contributed by atoms with E-state index in [1.54, 1.807) is 0 Å². The third-order valence-electron chi connectivity index (χ3n) is 1.75. The van der Waals surface area contributed by atoms with E-state index in [-0.39, 0.29) is 0 Å². The minimum Gasteiger partial charge on any atom is -0.382 e. The van der Waals surface area contributed by atoms with Gasteiger partial charge in [0.1, 0.15) is 0 Å². The van der Waals surface area contributed by atoms with Crippen molar-refractivity contribution in [3.05, 3.63) is 0 Å². The van der Waals surface area contributed by atoms with Crippen LogP contribution in [0.1, 0.15) is 34.6 Å². The molecule has 0 aliphatic heterocycles. The highest BCUT2D eigenvalue weighted by Gasteiger charge is 1.89. The van der Waals surface area contributed by atoms with Gasteiger partial charge in [0, 0.05) is 13.2 Å². The molecule has 0 atom stereocenters. The fourth-order valence-corrected chi connectivity index (χ4v) is 0.875. The molecule has 0 unspecified atom stereocenters. The lowest BCUT2D eigenvalue weighted by Gasteiger charge is -2.13. The van der Waals surface area contributed by atoms with Crippen LogP contribution >= 0.6 is 0 Å². The summed E-state index contributed by atoms with van der Waals surface area (Å²) < 4.78 is 4.83. The molecule has 2 heteroatoms. The Hall–Kier alpha value is -0.0800. The third-order valence-corrected chi connectivity index (χ3v) is 1.75. The Morgan fingerprint density at radius 3 is 1.08 bits per heavy atom. The summed E-state index contributed by atoms with van der Waals surface area (Å²) in [5.41, 5.74) is 0. The first kappa shape index (κ1) is 14.4. The van der Waals surface area contributed by atoms with Gasteiger partial charge < -0.3 is 9.64 Å². The number of hydrogen-bond donors (Lipinski definition) is 0. The fraction of sp³-hybridized carbons (Fsp3) is 1.00. The van der Waals surface area contributed by atoms with Crippen LogP contribution < -0.4 is 0 Å². The van der Waals surface area contributed by atoms with Crippen molar-refractivity contribution in [2.75, 3.05) is 32.8 Å². The first-order valence-corrected chi connectivity index (χ1v) is 5.06. The van der Waals surface area contributed by atoms with Crippen molar-refractivity contribution in [3.8, 4) is 0 Å². The van der Waals surface area contributed by atoms with E-state index in [1.807, 2.05) is 13.8 Å². The minimum absolute atomic E-state index is 0.844. The van der Waals surface area contributed by atoms with Crippen LogP contribution in [0.5, 0.6) is 0 Å². The maximum atomic E-state index is 4.83. The molecule has 0 aliphatic carbocycles. The van der Waals surface area contributed by atoms with E-state index in [2.05, 4.69) is 25.7 Å². The zero-order valence-corrected chi connectivity index (χ0v) is 9.39. The Balaban J connectivity index is 0. The summed E-state index contributed by atoms with van der Waals surface area (Å²) in [5, 5.41) is 0. The lowest BCUT2D eigenvalue weighted by molar-refractivity contribution is 0.162. The minimum atomic E-state index is 0.844. The monoisotopic (exact) mass is 175 g/mol. The maximum Gasteiger partial charge on any atom is 0.0437 e. The molecule has 0 heterocycles. The van der Waals surface area contributed by atoms with E-state index in [4.69, 9.17) is 4.74 Å². The van der Waals surface area contributed by atoms with Crippen LogP contribution in [0.2, 0.25) is 0 Å². The van der Waals surface area contributed by atoms with Gasteiger partial charge in [-0.1, -0.05) is 20.8 Å². The largest absolute Gasteiger partial charge is 0.382 e. The zero-order valence-electron chi connectivity index (χ0n) is 9.39. The highest BCUT2D eigenvalue weighted by molar-refractivity contribution is 4.43. The summed E-state index contributed by atoms with van der Waals surface area (Å²) in [5.74, 6) is 0. The van der Waals surface area contributed by atoms with E-state index in [0.29, 0.717) is 0 Å². The van der Waals surface area contributed by atoms with E-state index in [1.165, 1.54) is 19.6 Å². The second-order valence-corrected chi connectivity index (χ2v) is 2.40. The predicted molar refractivity (Wildman–Crippen MR) is 55.6 cm³/mol. The molecule has 0 saturated heterocycles. The van der Waals surface area contributed by atoms with Crippen LogP contribution in [0.25, 0.3) is 0 Å². The van der Waals surface area contributed by atoms with Crippen LogP contribution in [-0.2, 0) is 4.74 Å². The van der Waals surface area contributed by atoms with Crippen molar-refractivity contribution in [3.63, 3.8) is 0 Å². The quantitative estimate of drug-likeness (QED) is 0.636. The van der Waals surface area contributed by atoms with Crippen LogP contribution in [0.15, 0.2) is 0 Å². The highest BCUT2D eigenvalue weighted by atomic mass is 16.5. The van der Waals surface area contributed by atoms with Crippen LogP contribution in [0, 0.1) is 0 Å². The molecule has 0 aromatic carbocycles. The third kappa shape index (κ3) is 12.6. The number of hydrogen-bond acceptors (Lipinski definition) is 2. The molecule has 0 rings (SSSR count). The highest BCUT2D eigenvalue weighted by Crippen LogP contribution is 1.81. The smallest absolute Gasteiger partial charge is 0.0437 e. The van der Waals surface area contributed by atoms with Crippen molar-refractivity contribution in [1.82, 2.24) is 4.90 Å². The van der Waals surface area contributed by atoms with Crippen molar-refractivity contribution in [2.45, 2.75) is 34.6 Å². The second-order valence-electron chi connectivity index (χ2n) is 2.40. The Bertz CT molecular complexity index is 55.3. The molecule has 2 nitrogen and oxygen atoms in total. The van der Waals surface area contributed by atoms with Crippen molar-refractivity contribution < 1.29 is 4.74 Å². The van der Waals surface area contributed by atoms with Gasteiger partial charge in [-0.25, -0.2) is 0 Å². The van der Waals surface area contributed by atoms with Crippen molar-refractivity contribution in [2.24, 2.45) is 0 Å². The molecule has 12 heavy (non-hydrogen) atoms. The summed E-state index contributed by atoms with van der Waals surface area (Å²) >= 11 is 0. The van der Waals surface area contributed by atoms with E-state index in [0.717, 1.165) is 13.2 Å². The Kier molecular flexibility index (Phi) is 16.3. The molecule has 0 saturated carbocycles. The van der Waals surface area contributed by atoms with E-state index in [9.17, 15) is 0 Å². The predicted octanol–water partition coefficient (Wildman–Crippen LogP) is 2.39. The number of rotatable bonds is 5. The Morgan fingerprint density at radius 2 is 1.08 bits per heavy atom.